The molecule has 0 fully saturated rings. The van der Waals surface area contributed by atoms with Crippen molar-refractivity contribution in [3.05, 3.63) is 33.0 Å². The lowest BCUT2D eigenvalue weighted by Gasteiger charge is -2.13. The Labute approximate surface area is 104 Å². The number of hydrogen-bond acceptors (Lipinski definition) is 1. The quantitative estimate of drug-likeness (QED) is 0.642. The lowest BCUT2D eigenvalue weighted by Crippen LogP contribution is -2.08. The first-order chi connectivity index (χ1) is 6.45. The summed E-state index contributed by atoms with van der Waals surface area (Å²) in [7, 11) is 0. The summed E-state index contributed by atoms with van der Waals surface area (Å²) in [6.07, 6.45) is -1.29. The average Bonchev–Trinajstić information content (AvgIpc) is 2.13. The van der Waals surface area contributed by atoms with Crippen LogP contribution in [0.15, 0.2) is 16.6 Å². The first-order valence-electron chi connectivity index (χ1n) is 3.54. The van der Waals surface area contributed by atoms with Crippen LogP contribution in [0, 0.1) is 5.82 Å². The molecule has 0 aromatic heterocycles. The number of alkyl halides is 2. The van der Waals surface area contributed by atoms with Crippen molar-refractivity contribution in [1.82, 2.24) is 0 Å². The number of aliphatic hydroxyl groups is 1. The second-order valence-electron chi connectivity index (χ2n) is 2.54. The fourth-order valence-corrected chi connectivity index (χ4v) is 1.65. The third-order valence-electron chi connectivity index (χ3n) is 1.62. The van der Waals surface area contributed by atoms with Gasteiger partial charge in [-0.2, -0.15) is 0 Å². The topological polar surface area (TPSA) is 20.2 Å². The molecule has 1 rings (SSSR count). The summed E-state index contributed by atoms with van der Waals surface area (Å²) < 4.78 is 13.8. The van der Waals surface area contributed by atoms with Crippen molar-refractivity contribution in [2.45, 2.75) is 10.9 Å². The molecule has 6 heteroatoms. The van der Waals surface area contributed by atoms with Gasteiger partial charge in [-0.05, 0) is 22.0 Å². The van der Waals surface area contributed by atoms with Crippen molar-refractivity contribution < 1.29 is 9.50 Å². The van der Waals surface area contributed by atoms with E-state index in [0.29, 0.717) is 4.47 Å². The van der Waals surface area contributed by atoms with Crippen molar-refractivity contribution in [3.8, 4) is 0 Å². The van der Waals surface area contributed by atoms with Crippen LogP contribution in [-0.2, 0) is 0 Å². The Morgan fingerprint density at radius 1 is 1.36 bits per heavy atom. The van der Waals surface area contributed by atoms with Gasteiger partial charge in [0.2, 0.25) is 0 Å². The molecule has 0 saturated heterocycles. The van der Waals surface area contributed by atoms with Gasteiger partial charge in [0.05, 0.1) is 5.02 Å². The standard InChI is InChI=1S/C8H5BrCl3FO/c9-4-2-1-3(6(13)5(4)10)7(14)8(11)12/h1-2,7-8,14H. The van der Waals surface area contributed by atoms with Crippen molar-refractivity contribution in [1.29, 1.82) is 0 Å². The van der Waals surface area contributed by atoms with Gasteiger partial charge in [-0.1, -0.05) is 17.7 Å². The van der Waals surface area contributed by atoms with Gasteiger partial charge < -0.3 is 5.11 Å². The second-order valence-corrected chi connectivity index (χ2v) is 4.94. The van der Waals surface area contributed by atoms with Crippen molar-refractivity contribution in [2.24, 2.45) is 0 Å². The molecule has 0 aliphatic heterocycles. The lowest BCUT2D eigenvalue weighted by molar-refractivity contribution is 0.188. The van der Waals surface area contributed by atoms with Crippen molar-refractivity contribution in [2.75, 3.05) is 0 Å². The van der Waals surface area contributed by atoms with E-state index in [4.69, 9.17) is 34.8 Å². The zero-order valence-electron chi connectivity index (χ0n) is 6.65. The SMILES string of the molecule is OC(c1ccc(Br)c(Cl)c1F)C(Cl)Cl. The normalized spacial score (nSPS) is 13.4. The summed E-state index contributed by atoms with van der Waals surface area (Å²) >= 11 is 19.5. The zero-order chi connectivity index (χ0) is 10.9. The summed E-state index contributed by atoms with van der Waals surface area (Å²) in [6, 6.07) is 2.88. The van der Waals surface area contributed by atoms with Crippen LogP contribution in [0.4, 0.5) is 4.39 Å². The molecule has 0 aliphatic carbocycles. The fraction of sp³-hybridized carbons (Fsp3) is 0.250. The van der Waals surface area contributed by atoms with Crippen LogP contribution < -0.4 is 0 Å². The van der Waals surface area contributed by atoms with E-state index in [1.165, 1.54) is 12.1 Å². The molecule has 0 saturated carbocycles. The summed E-state index contributed by atoms with van der Waals surface area (Å²) in [5, 5.41) is 9.31. The van der Waals surface area contributed by atoms with Crippen LogP contribution in [0.2, 0.25) is 5.02 Å². The Hall–Kier alpha value is 0.460. The largest absolute Gasteiger partial charge is 0.385 e. The monoisotopic (exact) mass is 320 g/mol. The van der Waals surface area contributed by atoms with Crippen LogP contribution in [0.3, 0.4) is 0 Å². The Kier molecular flexibility index (Phi) is 4.47. The van der Waals surface area contributed by atoms with E-state index in [1.54, 1.807) is 0 Å². The molecule has 1 aromatic rings. The van der Waals surface area contributed by atoms with Gasteiger partial charge >= 0.3 is 0 Å². The third kappa shape index (κ3) is 2.52. The highest BCUT2D eigenvalue weighted by Gasteiger charge is 2.21. The molecule has 0 aliphatic rings. The van der Waals surface area contributed by atoms with E-state index in [2.05, 4.69) is 15.9 Å². The van der Waals surface area contributed by atoms with Crippen molar-refractivity contribution >= 4 is 50.7 Å². The minimum atomic E-state index is -1.29. The van der Waals surface area contributed by atoms with Crippen molar-refractivity contribution in [3.63, 3.8) is 0 Å². The smallest absolute Gasteiger partial charge is 0.148 e. The summed E-state index contributed by atoms with van der Waals surface area (Å²) in [5.41, 5.74) is -0.0202. The molecular weight excluding hydrogens is 317 g/mol. The van der Waals surface area contributed by atoms with Gasteiger partial charge in [0.25, 0.3) is 0 Å². The van der Waals surface area contributed by atoms with E-state index in [1.807, 2.05) is 0 Å². The molecule has 0 heterocycles. The number of halogens is 5. The molecule has 1 aromatic carbocycles. The van der Waals surface area contributed by atoms with Crippen LogP contribution >= 0.6 is 50.7 Å². The second kappa shape index (κ2) is 4.99. The first kappa shape index (κ1) is 12.5. The van der Waals surface area contributed by atoms with Gasteiger partial charge in [0.1, 0.15) is 16.8 Å². The van der Waals surface area contributed by atoms with Gasteiger partial charge in [-0.3, -0.25) is 0 Å². The number of aliphatic hydroxyl groups excluding tert-OH is 1. The molecule has 1 unspecified atom stereocenters. The highest BCUT2D eigenvalue weighted by atomic mass is 79.9. The van der Waals surface area contributed by atoms with Crippen LogP contribution in [0.1, 0.15) is 11.7 Å². The Balaban J connectivity index is 3.17. The number of benzene rings is 1. The summed E-state index contributed by atoms with van der Waals surface area (Å²) in [4.78, 5) is -1.10. The molecular formula is C8H5BrCl3FO. The molecule has 78 valence electrons. The third-order valence-corrected chi connectivity index (χ3v) is 3.36. The first-order valence-corrected chi connectivity index (χ1v) is 5.59. The van der Waals surface area contributed by atoms with E-state index in [9.17, 15) is 9.50 Å². The maximum Gasteiger partial charge on any atom is 0.148 e. The Morgan fingerprint density at radius 3 is 2.43 bits per heavy atom. The van der Waals surface area contributed by atoms with E-state index >= 15 is 0 Å². The molecule has 0 radical (unpaired) electrons. The van der Waals surface area contributed by atoms with Gasteiger partial charge in [0, 0.05) is 10.0 Å². The highest BCUT2D eigenvalue weighted by molar-refractivity contribution is 9.10. The molecule has 0 bridgehead atoms. The van der Waals surface area contributed by atoms with E-state index < -0.39 is 16.8 Å². The molecule has 1 nitrogen and oxygen atoms in total. The summed E-state index contributed by atoms with van der Waals surface area (Å²) in [5.74, 6) is -0.722. The molecule has 1 atom stereocenters. The molecule has 14 heavy (non-hydrogen) atoms. The number of rotatable bonds is 2. The highest BCUT2D eigenvalue weighted by Crippen LogP contribution is 2.33. The molecule has 0 amide bonds. The van der Waals surface area contributed by atoms with Crippen LogP contribution in [0.25, 0.3) is 0 Å². The van der Waals surface area contributed by atoms with Gasteiger partial charge in [-0.25, -0.2) is 4.39 Å². The van der Waals surface area contributed by atoms with Gasteiger partial charge in [0.15, 0.2) is 0 Å². The predicted molar refractivity (Wildman–Crippen MR) is 59.6 cm³/mol. The minimum Gasteiger partial charge on any atom is -0.385 e. The summed E-state index contributed by atoms with van der Waals surface area (Å²) in [6.45, 7) is 0. The van der Waals surface area contributed by atoms with Gasteiger partial charge in [-0.15, -0.1) is 23.2 Å². The predicted octanol–water partition coefficient (Wildman–Crippen LogP) is 4.08. The lowest BCUT2D eigenvalue weighted by atomic mass is 10.1. The number of hydrogen-bond donors (Lipinski definition) is 1. The van der Waals surface area contributed by atoms with Crippen LogP contribution in [0.5, 0.6) is 0 Å². The molecule has 0 spiro atoms. The maximum absolute atomic E-state index is 13.4. The average molecular weight is 322 g/mol. The Morgan fingerprint density at radius 2 is 1.93 bits per heavy atom. The maximum atomic E-state index is 13.4. The van der Waals surface area contributed by atoms with Crippen LogP contribution in [-0.4, -0.2) is 9.94 Å². The minimum absolute atomic E-state index is 0.0202. The Bertz CT molecular complexity index is 346. The molecule has 1 N–H and O–H groups in total. The fourth-order valence-electron chi connectivity index (χ4n) is 0.905. The van der Waals surface area contributed by atoms with E-state index in [-0.39, 0.29) is 10.6 Å². The zero-order valence-corrected chi connectivity index (χ0v) is 10.5. The van der Waals surface area contributed by atoms with E-state index in [0.717, 1.165) is 0 Å².